The molecule has 0 saturated carbocycles. The van der Waals surface area contributed by atoms with Gasteiger partial charge in [0, 0.05) is 49.9 Å². The van der Waals surface area contributed by atoms with Gasteiger partial charge in [0.1, 0.15) is 29.7 Å². The molecule has 3 heterocycles. The minimum Gasteiger partial charge on any atom is -0.497 e. The van der Waals surface area contributed by atoms with Gasteiger partial charge in [-0.1, -0.05) is 23.4 Å². The summed E-state index contributed by atoms with van der Waals surface area (Å²) in [4.78, 5) is 13.7. The summed E-state index contributed by atoms with van der Waals surface area (Å²) in [5.41, 5.74) is 3.20. The standard InChI is InChI=1S/C30H31N5O5/c1-37-24-9-7-22(8-10-24)30-32-28(33-40-30)19-35-15-13-34(14-16-35)18-23(36)20-38-25-11-12-27-26(17-25)31-29(39-27)21-5-3-2-4-6-21/h2-12,17,23,36H,13-16,18-20H2,1H3. The molecule has 6 rings (SSSR count). The number of aromatic nitrogens is 3. The molecule has 0 radical (unpaired) electrons. The van der Waals surface area contributed by atoms with Crippen molar-refractivity contribution in [2.45, 2.75) is 12.6 Å². The van der Waals surface area contributed by atoms with Crippen LogP contribution in [0.5, 0.6) is 11.5 Å². The minimum absolute atomic E-state index is 0.201. The summed E-state index contributed by atoms with van der Waals surface area (Å²) in [7, 11) is 1.64. The van der Waals surface area contributed by atoms with Crippen LogP contribution in [-0.4, -0.2) is 82.6 Å². The van der Waals surface area contributed by atoms with Gasteiger partial charge in [-0.2, -0.15) is 4.98 Å². The fourth-order valence-electron chi connectivity index (χ4n) is 4.74. The van der Waals surface area contributed by atoms with Crippen molar-refractivity contribution in [3.63, 3.8) is 0 Å². The molecule has 3 aromatic carbocycles. The van der Waals surface area contributed by atoms with Crippen molar-refractivity contribution in [2.24, 2.45) is 0 Å². The van der Waals surface area contributed by atoms with E-state index in [4.69, 9.17) is 18.4 Å². The fourth-order valence-corrected chi connectivity index (χ4v) is 4.74. The topological polar surface area (TPSA) is 110 Å². The van der Waals surface area contributed by atoms with Crippen LogP contribution in [0.2, 0.25) is 0 Å². The molecule has 1 fully saturated rings. The lowest BCUT2D eigenvalue weighted by molar-refractivity contribution is 0.0440. The smallest absolute Gasteiger partial charge is 0.257 e. The zero-order valence-corrected chi connectivity index (χ0v) is 22.3. The second-order valence-electron chi connectivity index (χ2n) is 9.80. The first-order valence-corrected chi connectivity index (χ1v) is 13.3. The number of methoxy groups -OCH3 is 1. The van der Waals surface area contributed by atoms with Crippen LogP contribution in [-0.2, 0) is 6.54 Å². The van der Waals surface area contributed by atoms with E-state index in [2.05, 4.69) is 24.9 Å². The highest BCUT2D eigenvalue weighted by molar-refractivity contribution is 5.77. The molecule has 1 aliphatic heterocycles. The SMILES string of the molecule is COc1ccc(-c2nc(CN3CCN(CC(O)COc4ccc5oc(-c6ccccc6)nc5c4)CC3)no2)cc1. The molecule has 1 N–H and O–H groups in total. The number of hydrogen-bond acceptors (Lipinski definition) is 10. The number of hydrogen-bond donors (Lipinski definition) is 1. The number of fused-ring (bicyclic) bond motifs is 1. The molecule has 40 heavy (non-hydrogen) atoms. The van der Waals surface area contributed by atoms with Crippen LogP contribution in [0.4, 0.5) is 0 Å². The number of rotatable bonds is 10. The number of aliphatic hydroxyl groups excluding tert-OH is 1. The predicted molar refractivity (Wildman–Crippen MR) is 149 cm³/mol. The quantitative estimate of drug-likeness (QED) is 0.277. The van der Waals surface area contributed by atoms with Crippen molar-refractivity contribution in [1.29, 1.82) is 0 Å². The molecule has 2 aromatic heterocycles. The monoisotopic (exact) mass is 541 g/mol. The van der Waals surface area contributed by atoms with Gasteiger partial charge in [-0.15, -0.1) is 0 Å². The fraction of sp³-hybridized carbons (Fsp3) is 0.300. The highest BCUT2D eigenvalue weighted by Crippen LogP contribution is 2.27. The Morgan fingerprint density at radius 3 is 2.35 bits per heavy atom. The first-order valence-electron chi connectivity index (χ1n) is 13.3. The van der Waals surface area contributed by atoms with Crippen molar-refractivity contribution >= 4 is 11.1 Å². The second kappa shape index (κ2) is 11.9. The van der Waals surface area contributed by atoms with E-state index in [-0.39, 0.29) is 6.61 Å². The van der Waals surface area contributed by atoms with E-state index in [1.807, 2.05) is 72.8 Å². The van der Waals surface area contributed by atoms with E-state index >= 15 is 0 Å². The number of aliphatic hydroxyl groups is 1. The Balaban J connectivity index is 0.951. The summed E-state index contributed by atoms with van der Waals surface area (Å²) in [6, 6.07) is 22.9. The molecule has 10 nitrogen and oxygen atoms in total. The van der Waals surface area contributed by atoms with E-state index in [9.17, 15) is 5.11 Å². The Morgan fingerprint density at radius 1 is 0.850 bits per heavy atom. The van der Waals surface area contributed by atoms with Gasteiger partial charge in [0.15, 0.2) is 11.4 Å². The Morgan fingerprint density at radius 2 is 1.57 bits per heavy atom. The van der Waals surface area contributed by atoms with Crippen molar-refractivity contribution in [3.8, 4) is 34.4 Å². The molecule has 5 aromatic rings. The van der Waals surface area contributed by atoms with Gasteiger partial charge in [0.25, 0.3) is 5.89 Å². The van der Waals surface area contributed by atoms with Crippen LogP contribution in [0, 0.1) is 0 Å². The average Bonchev–Trinajstić information content (AvgIpc) is 3.65. The van der Waals surface area contributed by atoms with Gasteiger partial charge in [-0.3, -0.25) is 9.80 Å². The van der Waals surface area contributed by atoms with E-state index in [1.165, 1.54) is 0 Å². The van der Waals surface area contributed by atoms with Crippen molar-refractivity contribution < 1.29 is 23.5 Å². The molecule has 0 aliphatic carbocycles. The third kappa shape index (κ3) is 6.15. The molecule has 1 atom stereocenters. The summed E-state index contributed by atoms with van der Waals surface area (Å²) in [6.45, 7) is 4.75. The molecule has 206 valence electrons. The Hall–Kier alpha value is -4.25. The first kappa shape index (κ1) is 26.0. The lowest BCUT2D eigenvalue weighted by Gasteiger charge is -2.34. The number of oxazole rings is 1. The van der Waals surface area contributed by atoms with Crippen LogP contribution in [0.15, 0.2) is 81.7 Å². The van der Waals surface area contributed by atoms with Gasteiger partial charge in [-0.05, 0) is 48.5 Å². The number of benzene rings is 3. The summed E-state index contributed by atoms with van der Waals surface area (Å²) in [5, 5.41) is 14.8. The van der Waals surface area contributed by atoms with Gasteiger partial charge in [0.05, 0.1) is 13.7 Å². The molecule has 0 spiro atoms. The number of piperazine rings is 1. The molecule has 0 amide bonds. The van der Waals surface area contributed by atoms with Gasteiger partial charge >= 0.3 is 0 Å². The molecule has 0 bridgehead atoms. The van der Waals surface area contributed by atoms with E-state index in [0.29, 0.717) is 42.0 Å². The van der Waals surface area contributed by atoms with Crippen molar-refractivity contribution in [1.82, 2.24) is 24.9 Å². The summed E-state index contributed by atoms with van der Waals surface area (Å²) < 4.78 is 22.4. The van der Waals surface area contributed by atoms with E-state index < -0.39 is 6.10 Å². The molecule has 1 aliphatic rings. The molecule has 1 unspecified atom stereocenters. The van der Waals surface area contributed by atoms with Crippen LogP contribution >= 0.6 is 0 Å². The lowest BCUT2D eigenvalue weighted by Crippen LogP contribution is -2.48. The molecule has 1 saturated heterocycles. The van der Waals surface area contributed by atoms with Gasteiger partial charge < -0.3 is 23.5 Å². The minimum atomic E-state index is -0.608. The van der Waals surface area contributed by atoms with Crippen LogP contribution < -0.4 is 9.47 Å². The predicted octanol–water partition coefficient (Wildman–Crippen LogP) is 4.11. The van der Waals surface area contributed by atoms with Crippen LogP contribution in [0.3, 0.4) is 0 Å². The summed E-state index contributed by atoms with van der Waals surface area (Å²) in [5.74, 6) is 3.16. The maximum atomic E-state index is 10.6. The molecular formula is C30H31N5O5. The van der Waals surface area contributed by atoms with E-state index in [0.717, 1.165) is 48.6 Å². The molecule has 10 heteroatoms. The maximum Gasteiger partial charge on any atom is 0.257 e. The zero-order valence-electron chi connectivity index (χ0n) is 22.3. The normalized spacial score (nSPS) is 15.3. The highest BCUT2D eigenvalue weighted by Gasteiger charge is 2.21. The third-order valence-electron chi connectivity index (χ3n) is 6.93. The van der Waals surface area contributed by atoms with Crippen LogP contribution in [0.1, 0.15) is 5.82 Å². The summed E-state index contributed by atoms with van der Waals surface area (Å²) in [6.07, 6.45) is -0.608. The zero-order chi connectivity index (χ0) is 27.3. The third-order valence-corrected chi connectivity index (χ3v) is 6.93. The second-order valence-corrected chi connectivity index (χ2v) is 9.80. The average molecular weight is 542 g/mol. The van der Waals surface area contributed by atoms with Crippen LogP contribution in [0.25, 0.3) is 34.0 Å². The number of β-amino-alcohol motifs (C(OH)–C–C–N with tert-alkyl or cyclic N) is 1. The molecular weight excluding hydrogens is 510 g/mol. The number of nitrogens with zero attached hydrogens (tertiary/aromatic N) is 5. The Kier molecular flexibility index (Phi) is 7.71. The highest BCUT2D eigenvalue weighted by atomic mass is 16.5. The number of ether oxygens (including phenoxy) is 2. The van der Waals surface area contributed by atoms with Crippen molar-refractivity contribution in [2.75, 3.05) is 46.4 Å². The van der Waals surface area contributed by atoms with Crippen molar-refractivity contribution in [3.05, 3.63) is 78.6 Å². The Labute approximate surface area is 231 Å². The lowest BCUT2D eigenvalue weighted by atomic mass is 10.2. The summed E-state index contributed by atoms with van der Waals surface area (Å²) >= 11 is 0. The van der Waals surface area contributed by atoms with Gasteiger partial charge in [-0.25, -0.2) is 4.98 Å². The van der Waals surface area contributed by atoms with E-state index in [1.54, 1.807) is 7.11 Å². The first-order chi connectivity index (χ1) is 19.6. The largest absolute Gasteiger partial charge is 0.497 e. The Bertz CT molecular complexity index is 1530. The maximum absolute atomic E-state index is 10.6. The van der Waals surface area contributed by atoms with Gasteiger partial charge in [0.2, 0.25) is 5.89 Å².